The Morgan fingerprint density at radius 3 is 2.67 bits per heavy atom. The van der Waals surface area contributed by atoms with Gasteiger partial charge in [0.1, 0.15) is 5.78 Å². The molecule has 0 aromatic rings. The molecule has 0 heterocycles. The zero-order chi connectivity index (χ0) is 17.1. The van der Waals surface area contributed by atoms with Crippen molar-refractivity contribution in [1.82, 2.24) is 0 Å². The van der Waals surface area contributed by atoms with E-state index in [0.717, 1.165) is 50.5 Å². The Morgan fingerprint density at radius 2 is 1.92 bits per heavy atom. The average molecular weight is 326 g/mol. The number of hydrogen-bond donors (Lipinski definition) is 1. The highest BCUT2D eigenvalue weighted by Gasteiger charge is 2.60. The topological polar surface area (TPSA) is 54.4 Å². The van der Waals surface area contributed by atoms with Crippen LogP contribution in [0.3, 0.4) is 0 Å². The molecule has 3 saturated carbocycles. The number of carbonyl (C=O) groups is 2. The molecular weight excluding hydrogens is 300 g/mol. The van der Waals surface area contributed by atoms with Gasteiger partial charge in [-0.15, -0.1) is 5.73 Å². The lowest BCUT2D eigenvalue weighted by molar-refractivity contribution is -0.132. The highest BCUT2D eigenvalue weighted by atomic mass is 16.3. The maximum atomic E-state index is 12.5. The molecule has 5 atom stereocenters. The maximum Gasteiger partial charge on any atom is 0.197 e. The Kier molecular flexibility index (Phi) is 3.44. The predicted molar refractivity (Wildman–Crippen MR) is 91.3 cm³/mol. The molecule has 128 valence electrons. The van der Waals surface area contributed by atoms with Gasteiger partial charge in [-0.3, -0.25) is 9.59 Å². The number of aliphatic hydroxyl groups is 1. The fourth-order valence-electron chi connectivity index (χ4n) is 6.60. The molecule has 24 heavy (non-hydrogen) atoms. The third-order valence-corrected chi connectivity index (χ3v) is 7.77. The zero-order valence-corrected chi connectivity index (χ0v) is 14.4. The predicted octanol–water partition coefficient (Wildman–Crippen LogP) is 4.29. The van der Waals surface area contributed by atoms with E-state index >= 15 is 0 Å². The summed E-state index contributed by atoms with van der Waals surface area (Å²) in [5.74, 6) is 1.69. The monoisotopic (exact) mass is 326 g/mol. The molecule has 4 aliphatic rings. The molecule has 0 saturated heterocycles. The lowest BCUT2D eigenvalue weighted by Crippen LogP contribution is -2.51. The van der Waals surface area contributed by atoms with Crippen LogP contribution >= 0.6 is 0 Å². The second kappa shape index (κ2) is 5.20. The number of hydrogen-bond acceptors (Lipinski definition) is 3. The lowest BCUT2D eigenvalue weighted by atomic mass is 9.47. The van der Waals surface area contributed by atoms with Crippen LogP contribution in [-0.2, 0) is 9.59 Å². The Balaban J connectivity index is 1.80. The average Bonchev–Trinajstić information content (AvgIpc) is 2.87. The van der Waals surface area contributed by atoms with Gasteiger partial charge in [-0.25, -0.2) is 0 Å². The Labute approximate surface area is 143 Å². The van der Waals surface area contributed by atoms with Crippen LogP contribution in [0.5, 0.6) is 0 Å². The summed E-state index contributed by atoms with van der Waals surface area (Å²) in [6.07, 6.45) is 8.59. The van der Waals surface area contributed by atoms with E-state index in [2.05, 4.69) is 19.2 Å². The first-order chi connectivity index (χ1) is 11.4. The second-order valence-corrected chi connectivity index (χ2v) is 8.47. The van der Waals surface area contributed by atoms with E-state index in [9.17, 15) is 14.7 Å². The van der Waals surface area contributed by atoms with E-state index in [1.54, 1.807) is 0 Å². The zero-order valence-electron chi connectivity index (χ0n) is 14.4. The number of rotatable bonds is 1. The Bertz CT molecular complexity index is 696. The quantitative estimate of drug-likeness (QED) is 0.731. The van der Waals surface area contributed by atoms with Crippen molar-refractivity contribution >= 4 is 11.6 Å². The normalized spacial score (nSPS) is 44.5. The standard InChI is InChI=1S/C21H26O3/c1-3-10-21-12-9-17(22)19(24)16(21)5-4-13-14-6-7-18(23)20(14,2)11-8-15(13)21/h10,13-15,24H,1,4-9,11-12H2,2H3/t13-,14-,15-,20-,21?/m0/s1. The van der Waals surface area contributed by atoms with Gasteiger partial charge in [0.25, 0.3) is 0 Å². The molecule has 4 aliphatic carbocycles. The molecular formula is C21H26O3. The fraction of sp³-hybridized carbons (Fsp3) is 0.667. The maximum absolute atomic E-state index is 12.5. The minimum atomic E-state index is -0.268. The summed E-state index contributed by atoms with van der Waals surface area (Å²) in [6.45, 7) is 5.96. The Hall–Kier alpha value is -1.60. The molecule has 3 fully saturated rings. The van der Waals surface area contributed by atoms with Crippen molar-refractivity contribution in [2.45, 2.75) is 58.3 Å². The van der Waals surface area contributed by atoms with E-state index in [4.69, 9.17) is 0 Å². The van der Waals surface area contributed by atoms with Crippen LogP contribution in [-0.4, -0.2) is 16.7 Å². The van der Waals surface area contributed by atoms with Crippen LogP contribution < -0.4 is 0 Å². The third kappa shape index (κ3) is 1.85. The largest absolute Gasteiger partial charge is 0.504 e. The van der Waals surface area contributed by atoms with E-state index < -0.39 is 0 Å². The third-order valence-electron chi connectivity index (χ3n) is 7.77. The molecule has 0 spiro atoms. The van der Waals surface area contributed by atoms with Gasteiger partial charge < -0.3 is 5.11 Å². The van der Waals surface area contributed by atoms with E-state index in [1.807, 2.05) is 6.08 Å². The molecule has 3 nitrogen and oxygen atoms in total. The minimum Gasteiger partial charge on any atom is -0.504 e. The highest BCUT2D eigenvalue weighted by molar-refractivity contribution is 5.95. The van der Waals surface area contributed by atoms with Gasteiger partial charge in [-0.2, -0.15) is 0 Å². The molecule has 0 amide bonds. The first-order valence-corrected chi connectivity index (χ1v) is 9.30. The summed E-state index contributed by atoms with van der Waals surface area (Å²) in [6, 6.07) is 0. The first kappa shape index (κ1) is 15.9. The summed E-state index contributed by atoms with van der Waals surface area (Å²) < 4.78 is 0. The van der Waals surface area contributed by atoms with Crippen LogP contribution in [0.25, 0.3) is 0 Å². The van der Waals surface area contributed by atoms with E-state index in [0.29, 0.717) is 30.0 Å². The summed E-state index contributed by atoms with van der Waals surface area (Å²) in [5.41, 5.74) is 3.48. The van der Waals surface area contributed by atoms with Gasteiger partial charge in [0.2, 0.25) is 0 Å². The van der Waals surface area contributed by atoms with Crippen molar-refractivity contribution in [2.75, 3.05) is 0 Å². The van der Waals surface area contributed by atoms with Crippen LogP contribution in [0.1, 0.15) is 58.3 Å². The molecule has 0 aromatic heterocycles. The summed E-state index contributed by atoms with van der Waals surface area (Å²) in [5, 5.41) is 10.4. The SMILES string of the molecule is C=C=CC12CCC(=O)C(O)=C1CC[C@@H]1[C@@H]2CC[C@]2(C)C(=O)CC[C@@H]12. The lowest BCUT2D eigenvalue weighted by Gasteiger charge is -2.56. The Morgan fingerprint density at radius 1 is 1.12 bits per heavy atom. The van der Waals surface area contributed by atoms with Crippen molar-refractivity contribution in [1.29, 1.82) is 0 Å². The van der Waals surface area contributed by atoms with Gasteiger partial charge in [0, 0.05) is 23.7 Å². The van der Waals surface area contributed by atoms with Gasteiger partial charge in [0.05, 0.1) is 0 Å². The molecule has 0 aliphatic heterocycles. The first-order valence-electron chi connectivity index (χ1n) is 9.30. The number of fused-ring (bicyclic) bond motifs is 5. The summed E-state index contributed by atoms with van der Waals surface area (Å²) in [4.78, 5) is 24.5. The second-order valence-electron chi connectivity index (χ2n) is 8.47. The van der Waals surface area contributed by atoms with Gasteiger partial charge >= 0.3 is 0 Å². The number of Topliss-reactive ketones (excluding diaryl/α,β-unsaturated/α-hetero) is 2. The molecule has 1 unspecified atom stereocenters. The van der Waals surface area contributed by atoms with Crippen molar-refractivity contribution in [2.24, 2.45) is 28.6 Å². The number of carbonyl (C=O) groups excluding carboxylic acids is 2. The van der Waals surface area contributed by atoms with Gasteiger partial charge in [-0.05, 0) is 67.9 Å². The summed E-state index contributed by atoms with van der Waals surface area (Å²) in [7, 11) is 0. The van der Waals surface area contributed by atoms with Crippen molar-refractivity contribution in [3.05, 3.63) is 29.7 Å². The van der Waals surface area contributed by atoms with E-state index in [-0.39, 0.29) is 22.4 Å². The minimum absolute atomic E-state index is 0.00188. The van der Waals surface area contributed by atoms with Crippen LogP contribution in [0.15, 0.2) is 29.7 Å². The number of ketones is 2. The molecule has 4 rings (SSSR count). The molecule has 3 heteroatoms. The fourth-order valence-corrected chi connectivity index (χ4v) is 6.60. The smallest absolute Gasteiger partial charge is 0.197 e. The number of aliphatic hydroxyl groups excluding tert-OH is 1. The highest BCUT2D eigenvalue weighted by Crippen LogP contribution is 2.65. The van der Waals surface area contributed by atoms with Crippen LogP contribution in [0, 0.1) is 28.6 Å². The van der Waals surface area contributed by atoms with E-state index in [1.165, 1.54) is 0 Å². The molecule has 0 bridgehead atoms. The van der Waals surface area contributed by atoms with Crippen LogP contribution in [0.4, 0.5) is 0 Å². The van der Waals surface area contributed by atoms with Gasteiger partial charge in [0.15, 0.2) is 11.5 Å². The van der Waals surface area contributed by atoms with Gasteiger partial charge in [-0.1, -0.05) is 13.5 Å². The van der Waals surface area contributed by atoms with Crippen molar-refractivity contribution in [3.8, 4) is 0 Å². The summed E-state index contributed by atoms with van der Waals surface area (Å²) >= 11 is 0. The number of allylic oxidation sites excluding steroid dienone is 2. The van der Waals surface area contributed by atoms with Crippen molar-refractivity contribution in [3.63, 3.8) is 0 Å². The van der Waals surface area contributed by atoms with Crippen molar-refractivity contribution < 1.29 is 14.7 Å². The van der Waals surface area contributed by atoms with Crippen LogP contribution in [0.2, 0.25) is 0 Å². The molecule has 0 aromatic carbocycles. The molecule has 1 N–H and O–H groups in total. The molecule has 0 radical (unpaired) electrons.